The van der Waals surface area contributed by atoms with E-state index in [0.717, 1.165) is 0 Å². The molecule has 3 heterocycles. The maximum atomic E-state index is 14.2. The number of hydrogen-bond acceptors (Lipinski definition) is 3. The van der Waals surface area contributed by atoms with Crippen molar-refractivity contribution in [2.75, 3.05) is 9.80 Å². The van der Waals surface area contributed by atoms with Crippen LogP contribution in [-0.2, 0) is 9.59 Å². The summed E-state index contributed by atoms with van der Waals surface area (Å²) in [7, 11) is 0. The predicted molar refractivity (Wildman–Crippen MR) is 155 cm³/mol. The number of nitrogens with zero attached hydrogens (tertiary/aromatic N) is 3. The molecule has 9 heteroatoms. The fraction of sp³-hybridized carbons (Fsp3) is 0.233. The van der Waals surface area contributed by atoms with E-state index < -0.39 is 17.0 Å². The monoisotopic (exact) mass is 579 g/mol. The normalized spacial score (nSPS) is 19.9. The lowest BCUT2D eigenvalue weighted by Gasteiger charge is -2.54. The van der Waals surface area contributed by atoms with Crippen molar-refractivity contribution < 1.29 is 14.4 Å². The highest BCUT2D eigenvalue weighted by Gasteiger charge is 2.59. The third-order valence-electron chi connectivity index (χ3n) is 7.78. The van der Waals surface area contributed by atoms with Crippen LogP contribution in [0.4, 0.5) is 17.1 Å². The Balaban J connectivity index is 1.69. The summed E-state index contributed by atoms with van der Waals surface area (Å²) in [6, 6.07) is 19.3. The highest BCUT2D eigenvalue weighted by atomic mass is 35.5. The average molecular weight is 581 g/mol. The van der Waals surface area contributed by atoms with Crippen LogP contribution in [0.5, 0.6) is 0 Å². The van der Waals surface area contributed by atoms with Gasteiger partial charge < -0.3 is 4.57 Å². The molecule has 0 saturated carbocycles. The van der Waals surface area contributed by atoms with E-state index in [2.05, 4.69) is 0 Å². The van der Waals surface area contributed by atoms with Crippen molar-refractivity contribution in [1.29, 1.82) is 0 Å². The van der Waals surface area contributed by atoms with Crippen molar-refractivity contribution in [1.82, 2.24) is 4.57 Å². The number of ketones is 1. The first-order valence-electron chi connectivity index (χ1n) is 12.4. The summed E-state index contributed by atoms with van der Waals surface area (Å²) >= 11 is 18.8. The lowest BCUT2D eigenvalue weighted by atomic mass is 9.76. The highest BCUT2D eigenvalue weighted by Crippen LogP contribution is 2.55. The molecule has 6 nitrogen and oxygen atoms in total. The molecule has 1 aromatic heterocycles. The first kappa shape index (κ1) is 25.9. The number of Topliss-reactive ketones (excluding diaryl/α,β-unsaturated/α-hetero) is 1. The van der Waals surface area contributed by atoms with E-state index in [1.54, 1.807) is 84.3 Å². The summed E-state index contributed by atoms with van der Waals surface area (Å²) in [6.45, 7) is 6.99. The third kappa shape index (κ3) is 3.58. The van der Waals surface area contributed by atoms with Gasteiger partial charge in [-0.3, -0.25) is 24.2 Å². The molecule has 3 aromatic carbocycles. The molecule has 1 fully saturated rings. The Morgan fingerprint density at radius 2 is 1.23 bits per heavy atom. The number of rotatable bonds is 3. The molecule has 2 aliphatic rings. The van der Waals surface area contributed by atoms with Gasteiger partial charge in [0.1, 0.15) is 17.3 Å². The Labute approximate surface area is 240 Å². The zero-order chi connectivity index (χ0) is 28.0. The van der Waals surface area contributed by atoms with Gasteiger partial charge >= 0.3 is 0 Å². The number of carbonyl (C=O) groups is 3. The Morgan fingerprint density at radius 3 is 1.82 bits per heavy atom. The number of hydrogen-bond donors (Lipinski definition) is 0. The summed E-state index contributed by atoms with van der Waals surface area (Å²) in [5, 5.41) is 2.17. The van der Waals surface area contributed by atoms with Crippen LogP contribution >= 0.6 is 34.8 Å². The molecule has 2 aliphatic heterocycles. The van der Waals surface area contributed by atoms with Gasteiger partial charge in [-0.05, 0) is 94.4 Å². The molecule has 1 atom stereocenters. The van der Waals surface area contributed by atoms with Crippen LogP contribution in [0.2, 0.25) is 15.1 Å². The van der Waals surface area contributed by atoms with E-state index in [0.29, 0.717) is 48.7 Å². The van der Waals surface area contributed by atoms with E-state index in [9.17, 15) is 14.4 Å². The quantitative estimate of drug-likeness (QED) is 0.182. The fourth-order valence-corrected chi connectivity index (χ4v) is 6.09. The molecule has 0 bridgehead atoms. The van der Waals surface area contributed by atoms with E-state index in [4.69, 9.17) is 34.8 Å². The lowest BCUT2D eigenvalue weighted by Crippen LogP contribution is -2.64. The van der Waals surface area contributed by atoms with Crippen molar-refractivity contribution in [3.05, 3.63) is 87.5 Å². The third-order valence-corrected chi connectivity index (χ3v) is 8.52. The van der Waals surface area contributed by atoms with Crippen LogP contribution in [0.15, 0.2) is 66.7 Å². The number of amides is 2. The number of halogens is 3. The topological polar surface area (TPSA) is 62.6 Å². The van der Waals surface area contributed by atoms with E-state index in [1.807, 2.05) is 24.5 Å². The molecule has 0 aliphatic carbocycles. The van der Waals surface area contributed by atoms with Crippen LogP contribution in [0.25, 0.3) is 10.9 Å². The Morgan fingerprint density at radius 1 is 0.692 bits per heavy atom. The van der Waals surface area contributed by atoms with Gasteiger partial charge in [-0.1, -0.05) is 34.8 Å². The SMILES string of the molecule is CC1(C)C(=O)c2c(c3cc(Cl)ccc3n2C2N(c3ccc(Cl)cc3)C(=O)C2(C)C)N(c2ccc(Cl)cc2)C1=O. The zero-order valence-electron chi connectivity index (χ0n) is 21.6. The van der Waals surface area contributed by atoms with Crippen LogP contribution in [0.1, 0.15) is 44.3 Å². The van der Waals surface area contributed by atoms with Gasteiger partial charge in [-0.15, -0.1) is 0 Å². The van der Waals surface area contributed by atoms with E-state index >= 15 is 0 Å². The lowest BCUT2D eigenvalue weighted by molar-refractivity contribution is -0.140. The second kappa shape index (κ2) is 8.59. The van der Waals surface area contributed by atoms with Crippen molar-refractivity contribution in [3.63, 3.8) is 0 Å². The Bertz CT molecular complexity index is 1710. The number of aromatic nitrogens is 1. The minimum Gasteiger partial charge on any atom is -0.313 e. The van der Waals surface area contributed by atoms with Crippen molar-refractivity contribution >= 4 is 80.4 Å². The van der Waals surface area contributed by atoms with Gasteiger partial charge in [0.15, 0.2) is 5.78 Å². The minimum atomic E-state index is -1.37. The number of β-lactam (4-membered cyclic amide) rings is 1. The molecular formula is C30H24Cl3N3O3. The average Bonchev–Trinajstić information content (AvgIpc) is 3.20. The molecule has 4 aromatic rings. The van der Waals surface area contributed by atoms with Crippen LogP contribution in [0, 0.1) is 10.8 Å². The molecule has 0 N–H and O–H groups in total. The minimum absolute atomic E-state index is 0.0902. The molecule has 0 spiro atoms. The maximum absolute atomic E-state index is 14.2. The smallest absolute Gasteiger partial charge is 0.245 e. The number of benzene rings is 3. The Kier molecular flexibility index (Phi) is 5.71. The van der Waals surface area contributed by atoms with Crippen LogP contribution < -0.4 is 9.80 Å². The van der Waals surface area contributed by atoms with Gasteiger partial charge in [0.05, 0.1) is 16.6 Å². The van der Waals surface area contributed by atoms with Gasteiger partial charge in [0, 0.05) is 31.8 Å². The molecule has 6 rings (SSSR count). The molecule has 39 heavy (non-hydrogen) atoms. The van der Waals surface area contributed by atoms with Gasteiger partial charge in [-0.2, -0.15) is 0 Å². The summed E-state index contributed by atoms with van der Waals surface area (Å²) in [6.07, 6.45) is -0.557. The van der Waals surface area contributed by atoms with Crippen molar-refractivity contribution in [3.8, 4) is 0 Å². The second-order valence-electron chi connectivity index (χ2n) is 11.0. The predicted octanol–water partition coefficient (Wildman–Crippen LogP) is 8.06. The summed E-state index contributed by atoms with van der Waals surface area (Å²) < 4.78 is 1.90. The highest BCUT2D eigenvalue weighted by molar-refractivity contribution is 6.34. The Hall–Kier alpha value is -3.32. The van der Waals surface area contributed by atoms with Gasteiger partial charge in [0.25, 0.3) is 0 Å². The molecule has 1 unspecified atom stereocenters. The maximum Gasteiger partial charge on any atom is 0.245 e. The first-order chi connectivity index (χ1) is 18.4. The van der Waals surface area contributed by atoms with E-state index in [-0.39, 0.29) is 17.6 Å². The van der Waals surface area contributed by atoms with Gasteiger partial charge in [0.2, 0.25) is 11.8 Å². The molecule has 1 saturated heterocycles. The number of carbonyl (C=O) groups excluding carboxylic acids is 3. The van der Waals surface area contributed by atoms with Crippen molar-refractivity contribution in [2.24, 2.45) is 10.8 Å². The second-order valence-corrected chi connectivity index (χ2v) is 12.4. The number of anilines is 3. The molecule has 198 valence electrons. The fourth-order valence-electron chi connectivity index (χ4n) is 5.67. The van der Waals surface area contributed by atoms with Crippen molar-refractivity contribution in [2.45, 2.75) is 33.9 Å². The van der Waals surface area contributed by atoms with Crippen LogP contribution in [0.3, 0.4) is 0 Å². The number of fused-ring (bicyclic) bond motifs is 3. The van der Waals surface area contributed by atoms with E-state index in [1.165, 1.54) is 0 Å². The van der Waals surface area contributed by atoms with Gasteiger partial charge in [-0.25, -0.2) is 0 Å². The summed E-state index contributed by atoms with van der Waals surface area (Å²) in [5.41, 5.74) is 0.482. The largest absolute Gasteiger partial charge is 0.313 e. The molecular weight excluding hydrogens is 557 g/mol. The zero-order valence-corrected chi connectivity index (χ0v) is 23.9. The molecule has 2 amide bonds. The van der Waals surface area contributed by atoms with Crippen LogP contribution in [-0.4, -0.2) is 22.2 Å². The summed E-state index contributed by atoms with van der Waals surface area (Å²) in [5.74, 6) is -0.779. The first-order valence-corrected chi connectivity index (χ1v) is 13.6. The summed E-state index contributed by atoms with van der Waals surface area (Å²) in [4.78, 5) is 44.9. The molecule has 0 radical (unpaired) electrons. The standard InChI is InChI=1S/C30H24Cl3N3O3/c1-29(2)25(37)24-23(34(27(29)38)19-10-5-16(31)6-11-19)21-15-18(33)9-14-22(21)36(24)26-30(3,4)28(39)35(26)20-12-7-17(32)8-13-20/h5-15,26H,1-4H3.